The number of phenols is 4. The summed E-state index contributed by atoms with van der Waals surface area (Å²) in [4.78, 5) is 0. The minimum atomic E-state index is 0.218. The largest absolute Gasteiger partial charge is 0.508 e. The maximum Gasteiger partial charge on any atom is 0.161 e. The van der Waals surface area contributed by atoms with Crippen molar-refractivity contribution < 1.29 is 86.7 Å². The van der Waals surface area contributed by atoms with E-state index in [1.54, 1.807) is 100 Å². The standard InChI is InChI=1S/C26H26O4.C25H24O3.C24H22O4.C24H22O3.C23H20O4/c1-16-6-12-21-25(18-7-10-20(27-3)11-8-18)22(15-30-26(21)17(16)2)19-9-13-23(28-4)24(14-19)29-5;1-16-5-14-22-24(19-8-12-21(27-4)13-9-19)23(15-28-25(22)17(16)2)18-6-10-20(26-3)11-7-18;1-15-22(25)13-12-20-23(17-6-10-19(27-3)11-7-17)21(14-28-24(15)20)16-4-8-18(26-2)9-5-16;1-15-4-13-21-23(18-7-11-20(26-3)12-8-18)22(14-27-24(21)16(15)2)17-5-9-19(25)10-6-17;1-14-21(25)12-11-19-22(16-5-9-18(26-2)10-6-16)20(13-27-23(14)19)15-3-7-17(24)8-4-15/h6-14H,15H2,1-5H3;5-14H,15H2,1-4H3;4-13,25H,14H2,1-3H3;4-13,25H,14H2,1-3H3;3-12,24-25H,13H2,1-2H3. The van der Waals surface area contributed by atoms with Crippen LogP contribution in [0.5, 0.6) is 103 Å². The van der Waals surface area contributed by atoms with E-state index in [2.05, 4.69) is 145 Å². The first-order valence-corrected chi connectivity index (χ1v) is 46.1. The van der Waals surface area contributed by atoms with Gasteiger partial charge < -0.3 is 86.7 Å². The van der Waals surface area contributed by atoms with Crippen LogP contribution < -0.4 is 66.3 Å². The Bertz CT molecular complexity index is 6870. The zero-order valence-electron chi connectivity index (χ0n) is 81.8. The van der Waals surface area contributed by atoms with Gasteiger partial charge >= 0.3 is 0 Å². The highest BCUT2D eigenvalue weighted by molar-refractivity contribution is 6.07. The van der Waals surface area contributed by atoms with Crippen molar-refractivity contribution in [3.8, 4) is 103 Å². The normalized spacial score (nSPS) is 13.0. The van der Waals surface area contributed by atoms with Gasteiger partial charge in [-0.2, -0.15) is 0 Å². The predicted octanol–water partition coefficient (Wildman–Crippen LogP) is 26.6. The number of phenolic OH excluding ortho intramolecular Hbond substituents is 4. The molecule has 5 aliphatic heterocycles. The van der Waals surface area contributed by atoms with Gasteiger partial charge in [-0.05, 0) is 318 Å². The fourth-order valence-electron chi connectivity index (χ4n) is 18.1. The first-order chi connectivity index (χ1) is 68.0. The Morgan fingerprint density at radius 3 is 0.600 bits per heavy atom. The SMILES string of the molecule is COc1ccc(C2=C(c3ccc(O)cc3)COc3c2ccc(C)c3C)cc1.COc1ccc(C2=C(c3ccc(O)cc3)COc3c2ccc(O)c3C)cc1.COc1ccc(C2=C(c3ccc(OC)c(OC)c3)COc3c2ccc(C)c3C)cc1.COc1ccc(C2=C(c3ccc(OC)cc3)c3ccc(C)c(C)c3OC2)cc1.COc1ccc(C2=C(c3ccc(OC)cc3)c3ccc(O)c(C)c3OC2)cc1. The number of ether oxygens (including phenoxy) is 14. The van der Waals surface area contributed by atoms with E-state index in [-0.39, 0.29) is 23.0 Å². The highest BCUT2D eigenvalue weighted by Crippen LogP contribution is 2.52. The van der Waals surface area contributed by atoms with Crippen molar-refractivity contribution in [1.29, 1.82) is 0 Å². The molecule has 0 fully saturated rings. The lowest BCUT2D eigenvalue weighted by atomic mass is 9.86. The van der Waals surface area contributed by atoms with Crippen LogP contribution in [0.3, 0.4) is 0 Å². The number of rotatable bonds is 19. The molecular formula is C122H114O18. The summed E-state index contributed by atoms with van der Waals surface area (Å²) < 4.78 is 79.0. The lowest BCUT2D eigenvalue weighted by molar-refractivity contribution is 0.353. The Labute approximate surface area is 818 Å². The monoisotopic (exact) mass is 1870 g/mol. The second-order valence-electron chi connectivity index (χ2n) is 34.3. The molecule has 140 heavy (non-hydrogen) atoms. The van der Waals surface area contributed by atoms with Gasteiger partial charge in [0, 0.05) is 66.8 Å². The number of benzene rings is 15. The number of fused-ring (bicyclic) bond motifs is 5. The summed E-state index contributed by atoms with van der Waals surface area (Å²) in [7, 11) is 15.0. The van der Waals surface area contributed by atoms with E-state index in [1.165, 1.54) is 44.5 Å². The molecule has 15 aromatic rings. The molecule has 0 atom stereocenters. The molecule has 18 heteroatoms. The molecule has 0 unspecified atom stereocenters. The molecule has 20 rings (SSSR count). The number of methoxy groups -OCH3 is 9. The zero-order valence-corrected chi connectivity index (χ0v) is 81.8. The maximum absolute atomic E-state index is 10.1. The number of hydrogen-bond donors (Lipinski definition) is 4. The predicted molar refractivity (Wildman–Crippen MR) is 557 cm³/mol. The van der Waals surface area contributed by atoms with E-state index in [0.29, 0.717) is 50.3 Å². The molecule has 18 nitrogen and oxygen atoms in total. The second-order valence-corrected chi connectivity index (χ2v) is 34.3. The van der Waals surface area contributed by atoms with Crippen LogP contribution in [0.2, 0.25) is 0 Å². The van der Waals surface area contributed by atoms with Crippen LogP contribution in [-0.4, -0.2) is 117 Å². The smallest absolute Gasteiger partial charge is 0.161 e. The minimum Gasteiger partial charge on any atom is -0.508 e. The van der Waals surface area contributed by atoms with E-state index >= 15 is 0 Å². The zero-order chi connectivity index (χ0) is 98.5. The van der Waals surface area contributed by atoms with Crippen LogP contribution in [0.4, 0.5) is 0 Å². The van der Waals surface area contributed by atoms with Crippen LogP contribution in [0.15, 0.2) is 297 Å². The van der Waals surface area contributed by atoms with Gasteiger partial charge in [0.25, 0.3) is 0 Å². The summed E-state index contributed by atoms with van der Waals surface area (Å²) in [6, 6.07) is 97.1. The number of hydrogen-bond acceptors (Lipinski definition) is 18. The quantitative estimate of drug-likeness (QED) is 0.0593. The molecular weight excluding hydrogens is 1750 g/mol. The molecule has 0 bridgehead atoms. The molecule has 710 valence electrons. The van der Waals surface area contributed by atoms with E-state index in [0.717, 1.165) is 202 Å². The van der Waals surface area contributed by atoms with E-state index in [9.17, 15) is 20.4 Å². The average Bonchev–Trinajstić information content (AvgIpc) is 0.764. The average molecular weight is 1870 g/mol. The molecule has 0 radical (unpaired) electrons. The van der Waals surface area contributed by atoms with Crippen molar-refractivity contribution in [2.75, 3.05) is 97.0 Å². The lowest BCUT2D eigenvalue weighted by Crippen LogP contribution is -2.13. The third-order valence-corrected chi connectivity index (χ3v) is 26.4. The fraction of sp³-hybridized carbons (Fsp3) is 0.180. The Hall–Kier alpha value is -16.6. The van der Waals surface area contributed by atoms with Gasteiger partial charge in [-0.15, -0.1) is 0 Å². The van der Waals surface area contributed by atoms with Crippen molar-refractivity contribution in [3.63, 3.8) is 0 Å². The highest BCUT2D eigenvalue weighted by atomic mass is 16.5. The molecule has 0 saturated carbocycles. The Kier molecular flexibility index (Phi) is 29.8. The fourth-order valence-corrected chi connectivity index (χ4v) is 18.1. The molecule has 0 amide bonds. The van der Waals surface area contributed by atoms with Crippen molar-refractivity contribution in [2.24, 2.45) is 0 Å². The molecule has 0 spiro atoms. The highest BCUT2D eigenvalue weighted by Gasteiger charge is 2.32. The summed E-state index contributed by atoms with van der Waals surface area (Å²) in [5.74, 6) is 12.4. The van der Waals surface area contributed by atoms with Gasteiger partial charge in [-0.3, -0.25) is 0 Å². The van der Waals surface area contributed by atoms with Gasteiger partial charge in [0.15, 0.2) is 11.5 Å². The summed E-state index contributed by atoms with van der Waals surface area (Å²) in [5, 5.41) is 39.5. The molecule has 0 saturated heterocycles. The topological polar surface area (TPSA) is 210 Å². The Morgan fingerprint density at radius 2 is 0.379 bits per heavy atom. The van der Waals surface area contributed by atoms with Crippen molar-refractivity contribution >= 4 is 55.7 Å². The van der Waals surface area contributed by atoms with Gasteiger partial charge in [0.05, 0.1) is 64.0 Å². The molecule has 15 aromatic carbocycles. The lowest BCUT2D eigenvalue weighted by Gasteiger charge is -2.27. The van der Waals surface area contributed by atoms with Crippen molar-refractivity contribution in [2.45, 2.75) is 55.4 Å². The Balaban J connectivity index is 0.000000126. The van der Waals surface area contributed by atoms with E-state index in [1.807, 2.05) is 172 Å². The molecule has 5 heterocycles. The second kappa shape index (κ2) is 43.2. The van der Waals surface area contributed by atoms with Gasteiger partial charge in [0.1, 0.15) is 125 Å². The third kappa shape index (κ3) is 20.3. The third-order valence-electron chi connectivity index (χ3n) is 26.4. The minimum absolute atomic E-state index is 0.218. The molecule has 0 aromatic heterocycles. The summed E-state index contributed by atoms with van der Waals surface area (Å²) in [6.45, 7) is 18.7. The first kappa shape index (κ1) is 96.5. The van der Waals surface area contributed by atoms with E-state index in [4.69, 9.17) is 66.3 Å². The van der Waals surface area contributed by atoms with Crippen LogP contribution in [-0.2, 0) is 0 Å². The van der Waals surface area contributed by atoms with Crippen molar-refractivity contribution in [1.82, 2.24) is 0 Å². The molecule has 5 aliphatic rings. The van der Waals surface area contributed by atoms with Gasteiger partial charge in [0.2, 0.25) is 0 Å². The van der Waals surface area contributed by atoms with Gasteiger partial charge in [-0.1, -0.05) is 152 Å². The number of aromatic hydroxyl groups is 4. The maximum atomic E-state index is 10.1. The van der Waals surface area contributed by atoms with Crippen LogP contribution in [0.1, 0.15) is 128 Å². The van der Waals surface area contributed by atoms with E-state index < -0.39 is 0 Å². The molecule has 0 aliphatic carbocycles. The number of aryl methyl sites for hydroxylation is 3. The van der Waals surface area contributed by atoms with Crippen LogP contribution in [0.25, 0.3) is 55.7 Å². The summed E-state index contributed by atoms with van der Waals surface area (Å²) in [5.41, 5.74) is 35.8. The van der Waals surface area contributed by atoms with Crippen molar-refractivity contribution in [3.05, 3.63) is 425 Å². The first-order valence-electron chi connectivity index (χ1n) is 46.1. The molecule has 4 N–H and O–H groups in total. The van der Waals surface area contributed by atoms with Crippen LogP contribution >= 0.6 is 0 Å². The summed E-state index contributed by atoms with van der Waals surface area (Å²) in [6.07, 6.45) is 0. The Morgan fingerprint density at radius 1 is 0.186 bits per heavy atom. The summed E-state index contributed by atoms with van der Waals surface area (Å²) >= 11 is 0. The van der Waals surface area contributed by atoms with Crippen LogP contribution in [0, 0.1) is 55.4 Å². The van der Waals surface area contributed by atoms with Gasteiger partial charge in [-0.25, -0.2) is 0 Å².